The number of benzene rings is 1. The zero-order valence-corrected chi connectivity index (χ0v) is 17.1. The Morgan fingerprint density at radius 1 is 1.09 bits per heavy atom. The lowest BCUT2D eigenvalue weighted by molar-refractivity contribution is -0.138. The van der Waals surface area contributed by atoms with Gasteiger partial charge in [0.15, 0.2) is 0 Å². The van der Waals surface area contributed by atoms with Crippen LogP contribution in [0.2, 0.25) is 0 Å². The Labute approximate surface area is 180 Å². The van der Waals surface area contributed by atoms with Crippen LogP contribution < -0.4 is 10.6 Å². The minimum absolute atomic E-state index is 0.161. The summed E-state index contributed by atoms with van der Waals surface area (Å²) in [6.45, 7) is 3.21. The molecule has 3 aromatic rings. The molecule has 1 aromatic carbocycles. The lowest BCUT2D eigenvalue weighted by Crippen LogP contribution is -2.50. The van der Waals surface area contributed by atoms with E-state index in [0.717, 1.165) is 12.4 Å². The van der Waals surface area contributed by atoms with Gasteiger partial charge in [0.1, 0.15) is 11.6 Å². The van der Waals surface area contributed by atoms with E-state index in [0.29, 0.717) is 37.1 Å². The van der Waals surface area contributed by atoms with Gasteiger partial charge in [-0.15, -0.1) is 0 Å². The van der Waals surface area contributed by atoms with Crippen LogP contribution in [0.15, 0.2) is 36.8 Å². The summed E-state index contributed by atoms with van der Waals surface area (Å²) in [4.78, 5) is 35.6. The molecule has 1 saturated heterocycles. The number of anilines is 1. The summed E-state index contributed by atoms with van der Waals surface area (Å²) in [5.41, 5.74) is 5.21. The zero-order chi connectivity index (χ0) is 23.0. The lowest BCUT2D eigenvalue weighted by Gasteiger charge is -2.35. The van der Waals surface area contributed by atoms with Crippen molar-refractivity contribution in [3.05, 3.63) is 47.9 Å². The molecule has 12 heteroatoms. The molecular weight excluding hydrogens is 427 g/mol. The SMILES string of the molecule is C[C@@H](C(=O)N1CCN(c2ncc(C(F)(F)F)cn2)CC1)n1cc2cccc(C(N)=O)c2n1. The molecule has 0 spiro atoms. The first-order chi connectivity index (χ1) is 15.1. The molecule has 4 rings (SSSR count). The number of rotatable bonds is 4. The van der Waals surface area contributed by atoms with Gasteiger partial charge in [-0.25, -0.2) is 9.97 Å². The van der Waals surface area contributed by atoms with Crippen molar-refractivity contribution in [3.63, 3.8) is 0 Å². The van der Waals surface area contributed by atoms with E-state index in [2.05, 4.69) is 15.1 Å². The zero-order valence-electron chi connectivity index (χ0n) is 17.1. The Bertz CT molecular complexity index is 1150. The van der Waals surface area contributed by atoms with E-state index < -0.39 is 23.7 Å². The number of alkyl halides is 3. The highest BCUT2D eigenvalue weighted by molar-refractivity contribution is 6.04. The third-order valence-corrected chi connectivity index (χ3v) is 5.41. The summed E-state index contributed by atoms with van der Waals surface area (Å²) in [6.07, 6.45) is -1.29. The van der Waals surface area contributed by atoms with Crippen LogP contribution in [0.1, 0.15) is 28.9 Å². The maximum absolute atomic E-state index is 13.0. The lowest BCUT2D eigenvalue weighted by atomic mass is 10.1. The Morgan fingerprint density at radius 2 is 1.75 bits per heavy atom. The number of carbonyl (C=O) groups excluding carboxylic acids is 2. The number of amides is 2. The number of hydrogen-bond donors (Lipinski definition) is 1. The fourth-order valence-electron chi connectivity index (χ4n) is 3.60. The van der Waals surface area contributed by atoms with Gasteiger partial charge in [-0.1, -0.05) is 12.1 Å². The number of hydrogen-bond acceptors (Lipinski definition) is 6. The van der Waals surface area contributed by atoms with Gasteiger partial charge >= 0.3 is 6.18 Å². The molecule has 2 amide bonds. The van der Waals surface area contributed by atoms with Crippen LogP contribution in [-0.4, -0.2) is 62.6 Å². The molecule has 0 unspecified atom stereocenters. The van der Waals surface area contributed by atoms with Gasteiger partial charge in [0, 0.05) is 50.2 Å². The molecule has 3 heterocycles. The maximum atomic E-state index is 13.0. The van der Waals surface area contributed by atoms with Crippen molar-refractivity contribution in [2.45, 2.75) is 19.1 Å². The van der Waals surface area contributed by atoms with Crippen LogP contribution in [0.25, 0.3) is 10.9 Å². The second kappa shape index (κ2) is 8.09. The highest BCUT2D eigenvalue weighted by atomic mass is 19.4. The van der Waals surface area contributed by atoms with Crippen molar-refractivity contribution >= 4 is 28.7 Å². The van der Waals surface area contributed by atoms with Crippen molar-refractivity contribution in [1.29, 1.82) is 0 Å². The summed E-state index contributed by atoms with van der Waals surface area (Å²) < 4.78 is 39.5. The second-order valence-electron chi connectivity index (χ2n) is 7.47. The minimum Gasteiger partial charge on any atom is -0.366 e. The fourth-order valence-corrected chi connectivity index (χ4v) is 3.60. The Morgan fingerprint density at radius 3 is 2.34 bits per heavy atom. The molecule has 9 nitrogen and oxygen atoms in total. The molecule has 32 heavy (non-hydrogen) atoms. The van der Waals surface area contributed by atoms with E-state index in [4.69, 9.17) is 5.73 Å². The molecule has 168 valence electrons. The Balaban J connectivity index is 1.42. The first-order valence-corrected chi connectivity index (χ1v) is 9.86. The fraction of sp³-hybridized carbons (Fsp3) is 0.350. The summed E-state index contributed by atoms with van der Waals surface area (Å²) >= 11 is 0. The average molecular weight is 447 g/mol. The average Bonchev–Trinajstić information content (AvgIpc) is 3.22. The molecule has 0 aliphatic carbocycles. The summed E-state index contributed by atoms with van der Waals surface area (Å²) in [5, 5.41) is 5.09. The van der Waals surface area contributed by atoms with Crippen molar-refractivity contribution in [2.75, 3.05) is 31.1 Å². The maximum Gasteiger partial charge on any atom is 0.419 e. The Hall–Kier alpha value is -3.70. The molecule has 0 saturated carbocycles. The quantitative estimate of drug-likeness (QED) is 0.654. The predicted molar refractivity (Wildman–Crippen MR) is 109 cm³/mol. The largest absolute Gasteiger partial charge is 0.419 e. The third-order valence-electron chi connectivity index (χ3n) is 5.41. The summed E-state index contributed by atoms with van der Waals surface area (Å²) in [6, 6.07) is 4.45. The number of fused-ring (bicyclic) bond motifs is 1. The molecule has 1 aliphatic rings. The Kier molecular flexibility index (Phi) is 5.45. The van der Waals surface area contributed by atoms with Crippen LogP contribution in [0.3, 0.4) is 0 Å². The monoisotopic (exact) mass is 447 g/mol. The normalized spacial score (nSPS) is 15.8. The van der Waals surface area contributed by atoms with Crippen LogP contribution in [0.5, 0.6) is 0 Å². The van der Waals surface area contributed by atoms with E-state index >= 15 is 0 Å². The summed E-state index contributed by atoms with van der Waals surface area (Å²) in [7, 11) is 0. The number of carbonyl (C=O) groups is 2. The molecule has 1 atom stereocenters. The molecule has 0 radical (unpaired) electrons. The summed E-state index contributed by atoms with van der Waals surface area (Å²) in [5.74, 6) is -0.566. The van der Waals surface area contributed by atoms with Gasteiger partial charge in [-0.2, -0.15) is 18.3 Å². The third kappa shape index (κ3) is 4.07. The van der Waals surface area contributed by atoms with E-state index in [1.807, 2.05) is 0 Å². The molecule has 0 bridgehead atoms. The van der Waals surface area contributed by atoms with Crippen molar-refractivity contribution in [3.8, 4) is 0 Å². The van der Waals surface area contributed by atoms with Crippen LogP contribution >= 0.6 is 0 Å². The second-order valence-corrected chi connectivity index (χ2v) is 7.47. The molecule has 1 fully saturated rings. The molecule has 1 aliphatic heterocycles. The number of halogens is 3. The van der Waals surface area contributed by atoms with Gasteiger partial charge in [0.25, 0.3) is 5.91 Å². The van der Waals surface area contributed by atoms with E-state index in [1.165, 1.54) is 4.68 Å². The van der Waals surface area contributed by atoms with E-state index in [-0.39, 0.29) is 17.4 Å². The van der Waals surface area contributed by atoms with Gasteiger partial charge in [0.05, 0.1) is 11.1 Å². The number of nitrogens with zero attached hydrogens (tertiary/aromatic N) is 6. The number of aromatic nitrogens is 4. The van der Waals surface area contributed by atoms with Crippen LogP contribution in [-0.2, 0) is 11.0 Å². The van der Waals surface area contributed by atoms with E-state index in [9.17, 15) is 22.8 Å². The van der Waals surface area contributed by atoms with Crippen molar-refractivity contribution < 1.29 is 22.8 Å². The van der Waals surface area contributed by atoms with Gasteiger partial charge in [0.2, 0.25) is 11.9 Å². The topological polar surface area (TPSA) is 110 Å². The number of nitrogens with two attached hydrogens (primary N) is 1. The van der Waals surface area contributed by atoms with Crippen LogP contribution in [0, 0.1) is 0 Å². The molecular formula is C20H20F3N7O2. The minimum atomic E-state index is -4.49. The van der Waals surface area contributed by atoms with E-state index in [1.54, 1.807) is 41.1 Å². The van der Waals surface area contributed by atoms with Gasteiger partial charge in [-0.05, 0) is 13.0 Å². The first-order valence-electron chi connectivity index (χ1n) is 9.86. The predicted octanol–water partition coefficient (Wildman–Crippen LogP) is 1.85. The van der Waals surface area contributed by atoms with Gasteiger partial charge in [-0.3, -0.25) is 14.3 Å². The van der Waals surface area contributed by atoms with Crippen molar-refractivity contribution in [2.24, 2.45) is 5.73 Å². The number of piperazine rings is 1. The van der Waals surface area contributed by atoms with Crippen molar-refractivity contribution in [1.82, 2.24) is 24.6 Å². The smallest absolute Gasteiger partial charge is 0.366 e. The highest BCUT2D eigenvalue weighted by Gasteiger charge is 2.32. The van der Waals surface area contributed by atoms with Gasteiger partial charge < -0.3 is 15.5 Å². The van der Waals surface area contributed by atoms with Crippen LogP contribution in [0.4, 0.5) is 19.1 Å². The number of primary amides is 1. The molecule has 2 aromatic heterocycles. The molecule has 2 N–H and O–H groups in total. The first kappa shape index (κ1) is 21.5. The highest BCUT2D eigenvalue weighted by Crippen LogP contribution is 2.28. The standard InChI is InChI=1S/C20H20F3N7O2/c1-12(30-11-13-3-2-4-15(17(24)31)16(13)27-30)18(32)28-5-7-29(8-6-28)19-25-9-14(10-26-19)20(21,22)23/h2-4,9-12H,5-8H2,1H3,(H2,24,31)/t12-/m0/s1.